The van der Waals surface area contributed by atoms with Gasteiger partial charge in [0.15, 0.2) is 5.78 Å². The zero-order chi connectivity index (χ0) is 25.8. The molecule has 8 nitrogen and oxygen atoms in total. The zero-order valence-corrected chi connectivity index (χ0v) is 20.4. The van der Waals surface area contributed by atoms with Crippen molar-refractivity contribution in [1.29, 1.82) is 0 Å². The maximum absolute atomic E-state index is 13.4. The third kappa shape index (κ3) is 5.22. The number of hydrogen-bond acceptors (Lipinski definition) is 6. The second kappa shape index (κ2) is 10.9. The van der Waals surface area contributed by atoms with Gasteiger partial charge in [-0.05, 0) is 40.5 Å². The van der Waals surface area contributed by atoms with Crippen LogP contribution in [0.4, 0.5) is 0 Å². The van der Waals surface area contributed by atoms with Gasteiger partial charge in [-0.3, -0.25) is 14.2 Å². The fraction of sp³-hybridized carbons (Fsp3) is 0.207. The molecule has 4 aromatic rings. The number of nitrogens with two attached hydrogens (primary N) is 1. The largest absolute Gasteiger partial charge is 0.395 e. The van der Waals surface area contributed by atoms with Gasteiger partial charge in [-0.1, -0.05) is 54.6 Å². The third-order valence-electron chi connectivity index (χ3n) is 6.67. The lowest BCUT2D eigenvalue weighted by molar-refractivity contribution is 0.0965. The van der Waals surface area contributed by atoms with Crippen LogP contribution in [0.15, 0.2) is 79.1 Å². The van der Waals surface area contributed by atoms with Crippen molar-refractivity contribution >= 4 is 11.7 Å². The Morgan fingerprint density at radius 2 is 1.92 bits per heavy atom. The van der Waals surface area contributed by atoms with Gasteiger partial charge >= 0.3 is 0 Å². The Morgan fingerprint density at radius 1 is 1.11 bits per heavy atom. The number of nitrogens with zero attached hydrogens (tertiary/aromatic N) is 2. The lowest BCUT2D eigenvalue weighted by Gasteiger charge is -2.17. The van der Waals surface area contributed by atoms with E-state index in [0.717, 1.165) is 22.3 Å². The van der Waals surface area contributed by atoms with Crippen molar-refractivity contribution in [2.45, 2.75) is 25.6 Å². The van der Waals surface area contributed by atoms with Crippen LogP contribution in [0.5, 0.6) is 0 Å². The molecule has 5 N–H and O–H groups in total. The van der Waals surface area contributed by atoms with E-state index in [1.165, 1.54) is 0 Å². The molecule has 0 radical (unpaired) electrons. The van der Waals surface area contributed by atoms with Gasteiger partial charge in [-0.2, -0.15) is 0 Å². The summed E-state index contributed by atoms with van der Waals surface area (Å²) in [7, 11) is 0. The number of carbonyl (C=O) groups excluding carboxylic acids is 2. The van der Waals surface area contributed by atoms with E-state index >= 15 is 0 Å². The van der Waals surface area contributed by atoms with E-state index in [4.69, 9.17) is 10.8 Å². The van der Waals surface area contributed by atoms with E-state index in [9.17, 15) is 9.59 Å². The van der Waals surface area contributed by atoms with E-state index in [2.05, 4.69) is 52.0 Å². The fourth-order valence-corrected chi connectivity index (χ4v) is 4.78. The van der Waals surface area contributed by atoms with E-state index in [1.54, 1.807) is 29.1 Å². The van der Waals surface area contributed by atoms with Crippen LogP contribution in [-0.4, -0.2) is 39.5 Å². The molecule has 0 aliphatic carbocycles. The number of Topliss-reactive ketones (excluding diaryl/α,β-unsaturated/α-hetero) is 1. The van der Waals surface area contributed by atoms with Gasteiger partial charge in [0, 0.05) is 43.3 Å². The predicted molar refractivity (Wildman–Crippen MR) is 141 cm³/mol. The maximum atomic E-state index is 13.4. The van der Waals surface area contributed by atoms with Crippen LogP contribution < -0.4 is 16.4 Å². The molecule has 5 rings (SSSR count). The van der Waals surface area contributed by atoms with Crippen molar-refractivity contribution < 1.29 is 14.7 Å². The van der Waals surface area contributed by atoms with Crippen LogP contribution in [0, 0.1) is 0 Å². The highest BCUT2D eigenvalue weighted by Crippen LogP contribution is 2.29. The lowest BCUT2D eigenvalue weighted by Crippen LogP contribution is -2.20. The molecular weight excluding hydrogens is 466 g/mol. The summed E-state index contributed by atoms with van der Waals surface area (Å²) < 4.78 is 1.74. The van der Waals surface area contributed by atoms with Crippen molar-refractivity contribution in [3.63, 3.8) is 0 Å². The van der Waals surface area contributed by atoms with Crippen molar-refractivity contribution in [2.24, 2.45) is 5.73 Å². The number of fused-ring (bicyclic) bond motifs is 1. The number of imidazole rings is 1. The molecular formula is C29H29N5O3. The number of aromatic nitrogens is 2. The first-order valence-corrected chi connectivity index (χ1v) is 12.3. The third-order valence-corrected chi connectivity index (χ3v) is 6.67. The van der Waals surface area contributed by atoms with Crippen molar-refractivity contribution in [2.75, 3.05) is 13.2 Å². The molecule has 1 aliphatic rings. The number of carbonyl (C=O) groups is 2. The van der Waals surface area contributed by atoms with Crippen LogP contribution >= 0.6 is 0 Å². The smallest absolute Gasteiger partial charge is 0.248 e. The Morgan fingerprint density at radius 3 is 2.70 bits per heavy atom. The van der Waals surface area contributed by atoms with Crippen LogP contribution in [-0.2, 0) is 13.1 Å². The fourth-order valence-electron chi connectivity index (χ4n) is 4.78. The van der Waals surface area contributed by atoms with E-state index in [0.29, 0.717) is 42.3 Å². The second-order valence-electron chi connectivity index (χ2n) is 9.06. The summed E-state index contributed by atoms with van der Waals surface area (Å²) in [6.45, 7) is 1.78. The zero-order valence-electron chi connectivity index (χ0n) is 20.4. The Hall–Kier alpha value is -4.11. The van der Waals surface area contributed by atoms with Crippen LogP contribution in [0.2, 0.25) is 0 Å². The average molecular weight is 496 g/mol. The Labute approximate surface area is 215 Å². The highest BCUT2D eigenvalue weighted by Gasteiger charge is 2.28. The minimum absolute atomic E-state index is 0.0173. The first-order valence-electron chi connectivity index (χ1n) is 12.3. The normalized spacial score (nSPS) is 15.3. The van der Waals surface area contributed by atoms with Gasteiger partial charge in [-0.25, -0.2) is 4.98 Å². The number of nitrogens with one attached hydrogen (secondary N) is 2. The lowest BCUT2D eigenvalue weighted by atomic mass is 9.95. The molecule has 0 saturated heterocycles. The molecule has 3 aromatic carbocycles. The van der Waals surface area contributed by atoms with Gasteiger partial charge in [0.05, 0.1) is 12.3 Å². The Kier molecular flexibility index (Phi) is 7.23. The summed E-state index contributed by atoms with van der Waals surface area (Å²) in [5, 5.41) is 15.8. The van der Waals surface area contributed by atoms with Crippen molar-refractivity contribution in [3.8, 4) is 16.8 Å². The van der Waals surface area contributed by atoms with Gasteiger partial charge in [0.25, 0.3) is 0 Å². The number of primary amides is 1. The van der Waals surface area contributed by atoms with E-state index in [-0.39, 0.29) is 24.9 Å². The highest BCUT2D eigenvalue weighted by atomic mass is 16.3. The quantitative estimate of drug-likeness (QED) is 0.279. The minimum atomic E-state index is -0.520. The Bertz CT molecular complexity index is 1430. The topological polar surface area (TPSA) is 122 Å². The first-order chi connectivity index (χ1) is 18.0. The molecule has 8 heteroatoms. The molecule has 1 aromatic heterocycles. The minimum Gasteiger partial charge on any atom is -0.395 e. The summed E-state index contributed by atoms with van der Waals surface area (Å²) in [4.78, 5) is 29.5. The summed E-state index contributed by atoms with van der Waals surface area (Å²) in [6, 6.07) is 23.2. The summed E-state index contributed by atoms with van der Waals surface area (Å²) in [5.74, 6) is -0.537. The summed E-state index contributed by atoms with van der Waals surface area (Å²) in [5.41, 5.74) is 12.1. The van der Waals surface area contributed by atoms with Gasteiger partial charge in [0.1, 0.15) is 12.0 Å². The Balaban J connectivity index is 1.36. The van der Waals surface area contributed by atoms with Crippen molar-refractivity contribution in [3.05, 3.63) is 107 Å². The number of aliphatic hydroxyl groups excluding tert-OH is 1. The molecule has 0 bridgehead atoms. The average Bonchev–Trinajstić information content (AvgIpc) is 3.28. The number of aliphatic hydroxyl groups is 1. The van der Waals surface area contributed by atoms with Gasteiger partial charge in [0.2, 0.25) is 5.91 Å². The van der Waals surface area contributed by atoms with Crippen LogP contribution in [0.1, 0.15) is 50.1 Å². The number of rotatable bonds is 8. The van der Waals surface area contributed by atoms with E-state index < -0.39 is 5.91 Å². The molecule has 1 aliphatic heterocycles. The first kappa shape index (κ1) is 24.6. The molecule has 37 heavy (non-hydrogen) atoms. The van der Waals surface area contributed by atoms with E-state index in [1.807, 2.05) is 18.2 Å². The highest BCUT2D eigenvalue weighted by molar-refractivity contribution is 5.97. The molecule has 0 spiro atoms. The molecule has 188 valence electrons. The molecule has 0 saturated carbocycles. The summed E-state index contributed by atoms with van der Waals surface area (Å²) >= 11 is 0. The number of hydrogen-bond donors (Lipinski definition) is 4. The predicted octanol–water partition coefficient (Wildman–Crippen LogP) is 3.14. The maximum Gasteiger partial charge on any atom is 0.248 e. The van der Waals surface area contributed by atoms with Crippen LogP contribution in [0.3, 0.4) is 0 Å². The molecule has 2 heterocycles. The van der Waals surface area contributed by atoms with Crippen molar-refractivity contribution in [1.82, 2.24) is 20.2 Å². The summed E-state index contributed by atoms with van der Waals surface area (Å²) in [6.07, 6.45) is 1.90. The molecule has 1 unspecified atom stereocenters. The number of ketones is 1. The molecule has 1 amide bonds. The van der Waals surface area contributed by atoms with Gasteiger partial charge in [-0.15, -0.1) is 0 Å². The SMILES string of the molecule is NC(=O)c1cccc(-n2cnc3c2C(=O)CC(c2ccc(-c4ccccc4CNCCO)cc2)NC3)c1. The molecule has 0 fully saturated rings. The molecule has 1 atom stereocenters. The standard InChI is InChI=1S/C29H29N5O3/c30-29(37)21-5-3-6-23(14-21)34-18-33-26-17-32-25(15-27(36)28(26)34)20-10-8-19(9-11-20)24-7-2-1-4-22(24)16-31-12-13-35/h1-11,14,18,25,31-32,35H,12-13,15-17H2,(H2,30,37). The second-order valence-corrected chi connectivity index (χ2v) is 9.06. The monoisotopic (exact) mass is 495 g/mol. The van der Waals surface area contributed by atoms with Crippen LogP contribution in [0.25, 0.3) is 16.8 Å². The number of amides is 1. The number of benzene rings is 3. The van der Waals surface area contributed by atoms with Gasteiger partial charge < -0.3 is 21.5 Å².